The Bertz CT molecular complexity index is 326. The predicted molar refractivity (Wildman–Crippen MR) is 64.1 cm³/mol. The Morgan fingerprint density at radius 1 is 1.31 bits per heavy atom. The summed E-state index contributed by atoms with van der Waals surface area (Å²) in [6.07, 6.45) is 0.984. The monoisotopic (exact) mass is 225 g/mol. The van der Waals surface area contributed by atoms with Crippen LogP contribution >= 0.6 is 0 Å². The number of hydrogen-bond acceptors (Lipinski definition) is 2. The second kappa shape index (κ2) is 6.48. The Kier molecular flexibility index (Phi) is 5.26. The van der Waals surface area contributed by atoms with Gasteiger partial charge in [-0.2, -0.15) is 0 Å². The summed E-state index contributed by atoms with van der Waals surface area (Å²) in [4.78, 5) is 0. The zero-order chi connectivity index (χ0) is 12.0. The smallest absolute Gasteiger partial charge is 0.127 e. The van der Waals surface area contributed by atoms with Gasteiger partial charge < -0.3 is 10.1 Å². The molecule has 90 valence electrons. The van der Waals surface area contributed by atoms with E-state index < -0.39 is 0 Å². The first kappa shape index (κ1) is 13.0. The maximum Gasteiger partial charge on any atom is 0.127 e. The third-order valence-electron chi connectivity index (χ3n) is 2.28. The highest BCUT2D eigenvalue weighted by molar-refractivity contribution is 5.29. The SMILES string of the molecule is CNCc1cc(F)cc(OCCC(C)C)c1. The minimum Gasteiger partial charge on any atom is -0.493 e. The molecule has 0 saturated carbocycles. The van der Waals surface area contributed by atoms with Gasteiger partial charge in [-0.3, -0.25) is 0 Å². The van der Waals surface area contributed by atoms with Crippen LogP contribution in [0.2, 0.25) is 0 Å². The van der Waals surface area contributed by atoms with Gasteiger partial charge in [0, 0.05) is 12.6 Å². The molecule has 0 atom stereocenters. The lowest BCUT2D eigenvalue weighted by Crippen LogP contribution is -2.06. The topological polar surface area (TPSA) is 21.3 Å². The van der Waals surface area contributed by atoms with Gasteiger partial charge in [-0.25, -0.2) is 4.39 Å². The van der Waals surface area contributed by atoms with E-state index in [2.05, 4.69) is 19.2 Å². The van der Waals surface area contributed by atoms with Gasteiger partial charge in [-0.1, -0.05) is 13.8 Å². The molecule has 0 fully saturated rings. The van der Waals surface area contributed by atoms with Crippen LogP contribution in [0.25, 0.3) is 0 Å². The van der Waals surface area contributed by atoms with Gasteiger partial charge in [0.15, 0.2) is 0 Å². The van der Waals surface area contributed by atoms with Gasteiger partial charge in [0.25, 0.3) is 0 Å². The molecule has 0 saturated heterocycles. The maximum atomic E-state index is 13.2. The molecule has 0 heterocycles. The van der Waals surface area contributed by atoms with E-state index in [1.165, 1.54) is 12.1 Å². The minimum absolute atomic E-state index is 0.243. The molecule has 1 rings (SSSR count). The van der Waals surface area contributed by atoms with Crippen LogP contribution in [0, 0.1) is 11.7 Å². The van der Waals surface area contributed by atoms with E-state index in [9.17, 15) is 4.39 Å². The van der Waals surface area contributed by atoms with E-state index in [1.807, 2.05) is 13.1 Å². The highest BCUT2D eigenvalue weighted by atomic mass is 19.1. The van der Waals surface area contributed by atoms with Crippen LogP contribution in [-0.2, 0) is 6.54 Å². The number of halogens is 1. The lowest BCUT2D eigenvalue weighted by atomic mass is 10.1. The van der Waals surface area contributed by atoms with Gasteiger partial charge in [0.2, 0.25) is 0 Å². The molecule has 1 aromatic rings. The van der Waals surface area contributed by atoms with Crippen molar-refractivity contribution in [3.05, 3.63) is 29.6 Å². The van der Waals surface area contributed by atoms with Crippen molar-refractivity contribution < 1.29 is 9.13 Å². The molecule has 0 aromatic heterocycles. The summed E-state index contributed by atoms with van der Waals surface area (Å²) in [5.41, 5.74) is 0.905. The summed E-state index contributed by atoms with van der Waals surface area (Å²) in [5, 5.41) is 2.99. The Hall–Kier alpha value is -1.09. The van der Waals surface area contributed by atoms with Crippen LogP contribution in [0.3, 0.4) is 0 Å². The van der Waals surface area contributed by atoms with Crippen molar-refractivity contribution in [2.24, 2.45) is 5.92 Å². The van der Waals surface area contributed by atoms with E-state index in [-0.39, 0.29) is 5.82 Å². The van der Waals surface area contributed by atoms with E-state index in [0.717, 1.165) is 12.0 Å². The van der Waals surface area contributed by atoms with Gasteiger partial charge in [0.05, 0.1) is 6.61 Å². The fourth-order valence-corrected chi connectivity index (χ4v) is 1.42. The Morgan fingerprint density at radius 3 is 2.69 bits per heavy atom. The van der Waals surface area contributed by atoms with Gasteiger partial charge in [0.1, 0.15) is 11.6 Å². The average Bonchev–Trinajstić information content (AvgIpc) is 2.16. The number of rotatable bonds is 6. The van der Waals surface area contributed by atoms with Gasteiger partial charge in [-0.15, -0.1) is 0 Å². The molecule has 16 heavy (non-hydrogen) atoms. The quantitative estimate of drug-likeness (QED) is 0.803. The zero-order valence-corrected chi connectivity index (χ0v) is 10.2. The molecule has 0 amide bonds. The van der Waals surface area contributed by atoms with Crippen molar-refractivity contribution in [3.8, 4) is 5.75 Å². The third-order valence-corrected chi connectivity index (χ3v) is 2.28. The zero-order valence-electron chi connectivity index (χ0n) is 10.2. The van der Waals surface area contributed by atoms with Crippen LogP contribution in [0.5, 0.6) is 5.75 Å². The van der Waals surface area contributed by atoms with Crippen LogP contribution < -0.4 is 10.1 Å². The average molecular weight is 225 g/mol. The first-order valence-corrected chi connectivity index (χ1v) is 5.68. The second-order valence-corrected chi connectivity index (χ2v) is 4.36. The highest BCUT2D eigenvalue weighted by Crippen LogP contribution is 2.17. The number of benzene rings is 1. The largest absolute Gasteiger partial charge is 0.493 e. The van der Waals surface area contributed by atoms with Crippen molar-refractivity contribution in [2.75, 3.05) is 13.7 Å². The summed E-state index contributed by atoms with van der Waals surface area (Å²) >= 11 is 0. The lowest BCUT2D eigenvalue weighted by Gasteiger charge is -2.09. The highest BCUT2D eigenvalue weighted by Gasteiger charge is 2.02. The predicted octanol–water partition coefficient (Wildman–Crippen LogP) is 2.97. The third kappa shape index (κ3) is 4.62. The Morgan fingerprint density at radius 2 is 2.06 bits per heavy atom. The van der Waals surface area contributed by atoms with E-state index in [0.29, 0.717) is 24.8 Å². The minimum atomic E-state index is -0.243. The summed E-state index contributed by atoms with van der Waals surface area (Å²) in [7, 11) is 1.84. The first-order chi connectivity index (χ1) is 7.61. The Labute approximate surface area is 96.8 Å². The Balaban J connectivity index is 2.58. The molecule has 0 unspecified atom stereocenters. The first-order valence-electron chi connectivity index (χ1n) is 5.68. The molecule has 0 aliphatic heterocycles. The van der Waals surface area contributed by atoms with Gasteiger partial charge >= 0.3 is 0 Å². The van der Waals surface area contributed by atoms with Crippen molar-refractivity contribution in [1.29, 1.82) is 0 Å². The van der Waals surface area contributed by atoms with Crippen molar-refractivity contribution >= 4 is 0 Å². The van der Waals surface area contributed by atoms with Gasteiger partial charge in [-0.05, 0) is 37.1 Å². The maximum absolute atomic E-state index is 13.2. The number of nitrogens with one attached hydrogen (secondary N) is 1. The molecule has 0 aliphatic carbocycles. The standard InChI is InChI=1S/C13H20FNO/c1-10(2)4-5-16-13-7-11(9-15-3)6-12(14)8-13/h6-8,10,15H,4-5,9H2,1-3H3. The van der Waals surface area contributed by atoms with Crippen molar-refractivity contribution in [2.45, 2.75) is 26.8 Å². The molecule has 0 radical (unpaired) electrons. The normalized spacial score (nSPS) is 10.8. The number of hydrogen-bond donors (Lipinski definition) is 1. The molecule has 2 nitrogen and oxygen atoms in total. The van der Waals surface area contributed by atoms with Crippen LogP contribution in [-0.4, -0.2) is 13.7 Å². The van der Waals surface area contributed by atoms with E-state index >= 15 is 0 Å². The van der Waals surface area contributed by atoms with Crippen LogP contribution in [0.1, 0.15) is 25.8 Å². The summed E-state index contributed by atoms with van der Waals surface area (Å²) < 4.78 is 18.7. The molecule has 0 bridgehead atoms. The van der Waals surface area contributed by atoms with E-state index in [1.54, 1.807) is 0 Å². The van der Waals surface area contributed by atoms with E-state index in [4.69, 9.17) is 4.74 Å². The van der Waals surface area contributed by atoms with Crippen LogP contribution in [0.15, 0.2) is 18.2 Å². The van der Waals surface area contributed by atoms with Crippen LogP contribution in [0.4, 0.5) is 4.39 Å². The summed E-state index contributed by atoms with van der Waals surface area (Å²) in [6, 6.07) is 4.82. The second-order valence-electron chi connectivity index (χ2n) is 4.36. The summed E-state index contributed by atoms with van der Waals surface area (Å²) in [5.74, 6) is 0.975. The summed E-state index contributed by atoms with van der Waals surface area (Å²) in [6.45, 7) is 5.57. The fraction of sp³-hybridized carbons (Fsp3) is 0.538. The molecule has 1 N–H and O–H groups in total. The molecule has 3 heteroatoms. The lowest BCUT2D eigenvalue weighted by molar-refractivity contribution is 0.288. The molecular weight excluding hydrogens is 205 g/mol. The van der Waals surface area contributed by atoms with Crippen molar-refractivity contribution in [1.82, 2.24) is 5.32 Å². The molecule has 1 aromatic carbocycles. The number of ether oxygens (including phenoxy) is 1. The van der Waals surface area contributed by atoms with Crippen molar-refractivity contribution in [3.63, 3.8) is 0 Å². The molecular formula is C13H20FNO. The molecule has 0 spiro atoms. The fourth-order valence-electron chi connectivity index (χ4n) is 1.42. The molecule has 0 aliphatic rings.